The summed E-state index contributed by atoms with van der Waals surface area (Å²) in [7, 11) is 0. The summed E-state index contributed by atoms with van der Waals surface area (Å²) in [5.41, 5.74) is 0. The van der Waals surface area contributed by atoms with E-state index in [4.69, 9.17) is 0 Å². The standard InChI is InChI=1S/C11H19F2N3O/c1-9(15-6-3-14-4-7-15)10(17)16-5-2-11(12,13)8-16/h9,14H,2-8H2,1H3. The number of rotatable bonds is 2. The minimum Gasteiger partial charge on any atom is -0.335 e. The van der Waals surface area contributed by atoms with Crippen molar-refractivity contribution in [2.45, 2.75) is 25.3 Å². The molecule has 0 aromatic heterocycles. The molecule has 0 aromatic carbocycles. The number of halogens is 2. The molecule has 2 aliphatic heterocycles. The Hall–Kier alpha value is -0.750. The van der Waals surface area contributed by atoms with Crippen molar-refractivity contribution in [3.8, 4) is 0 Å². The second-order valence-electron chi connectivity index (χ2n) is 4.83. The monoisotopic (exact) mass is 247 g/mol. The van der Waals surface area contributed by atoms with Gasteiger partial charge in [-0.3, -0.25) is 9.69 Å². The number of hydrogen-bond donors (Lipinski definition) is 1. The first-order chi connectivity index (χ1) is 7.99. The molecular formula is C11H19F2N3O. The van der Waals surface area contributed by atoms with Crippen molar-refractivity contribution in [1.29, 1.82) is 0 Å². The van der Waals surface area contributed by atoms with Crippen molar-refractivity contribution in [3.63, 3.8) is 0 Å². The van der Waals surface area contributed by atoms with Crippen LogP contribution in [0.4, 0.5) is 8.78 Å². The van der Waals surface area contributed by atoms with Gasteiger partial charge in [0.15, 0.2) is 0 Å². The number of nitrogens with one attached hydrogen (secondary N) is 1. The molecular weight excluding hydrogens is 228 g/mol. The Labute approximate surface area is 99.9 Å². The first-order valence-electron chi connectivity index (χ1n) is 6.11. The highest BCUT2D eigenvalue weighted by Crippen LogP contribution is 2.27. The molecule has 2 fully saturated rings. The zero-order chi connectivity index (χ0) is 12.5. The minimum absolute atomic E-state index is 0.163. The van der Waals surface area contributed by atoms with Gasteiger partial charge in [-0.2, -0.15) is 0 Å². The lowest BCUT2D eigenvalue weighted by Gasteiger charge is -2.33. The highest BCUT2D eigenvalue weighted by atomic mass is 19.3. The first-order valence-corrected chi connectivity index (χ1v) is 6.11. The van der Waals surface area contributed by atoms with Gasteiger partial charge in [0.25, 0.3) is 5.92 Å². The molecule has 0 aliphatic carbocycles. The fourth-order valence-corrected chi connectivity index (χ4v) is 2.41. The predicted octanol–water partition coefficient (Wildman–Crippen LogP) is 0.148. The van der Waals surface area contributed by atoms with Crippen molar-refractivity contribution in [2.75, 3.05) is 39.3 Å². The number of hydrogen-bond acceptors (Lipinski definition) is 3. The average Bonchev–Trinajstić information content (AvgIpc) is 2.69. The van der Waals surface area contributed by atoms with E-state index in [1.54, 1.807) is 0 Å². The van der Waals surface area contributed by atoms with E-state index in [2.05, 4.69) is 10.2 Å². The Morgan fingerprint density at radius 1 is 1.29 bits per heavy atom. The van der Waals surface area contributed by atoms with Gasteiger partial charge in [-0.05, 0) is 6.92 Å². The van der Waals surface area contributed by atoms with E-state index in [9.17, 15) is 13.6 Å². The van der Waals surface area contributed by atoms with Crippen LogP contribution in [0.5, 0.6) is 0 Å². The van der Waals surface area contributed by atoms with Gasteiger partial charge in [0.05, 0.1) is 12.6 Å². The maximum absolute atomic E-state index is 13.0. The second kappa shape index (κ2) is 4.86. The Morgan fingerprint density at radius 2 is 1.94 bits per heavy atom. The number of carbonyl (C=O) groups is 1. The van der Waals surface area contributed by atoms with Gasteiger partial charge < -0.3 is 10.2 Å². The molecule has 2 saturated heterocycles. The Morgan fingerprint density at radius 3 is 2.47 bits per heavy atom. The lowest BCUT2D eigenvalue weighted by atomic mass is 10.2. The van der Waals surface area contributed by atoms with Crippen LogP contribution >= 0.6 is 0 Å². The summed E-state index contributed by atoms with van der Waals surface area (Å²) in [6.07, 6.45) is -0.201. The molecule has 0 aromatic rings. The van der Waals surface area contributed by atoms with E-state index in [1.807, 2.05) is 6.92 Å². The lowest BCUT2D eigenvalue weighted by Crippen LogP contribution is -2.53. The van der Waals surface area contributed by atoms with Crippen molar-refractivity contribution >= 4 is 5.91 Å². The highest BCUT2D eigenvalue weighted by Gasteiger charge is 2.41. The summed E-state index contributed by atoms with van der Waals surface area (Å²) in [4.78, 5) is 15.4. The molecule has 4 nitrogen and oxygen atoms in total. The zero-order valence-electron chi connectivity index (χ0n) is 10.1. The summed E-state index contributed by atoms with van der Waals surface area (Å²) < 4.78 is 26.1. The molecule has 98 valence electrons. The van der Waals surface area contributed by atoms with Gasteiger partial charge in [0.1, 0.15) is 0 Å². The normalized spacial score (nSPS) is 27.1. The van der Waals surface area contributed by atoms with Crippen molar-refractivity contribution < 1.29 is 13.6 Å². The summed E-state index contributed by atoms with van der Waals surface area (Å²) >= 11 is 0. The van der Waals surface area contributed by atoms with Crippen molar-refractivity contribution in [3.05, 3.63) is 0 Å². The molecule has 0 saturated carbocycles. The van der Waals surface area contributed by atoms with Crippen LogP contribution in [0, 0.1) is 0 Å². The maximum atomic E-state index is 13.0. The molecule has 0 spiro atoms. The van der Waals surface area contributed by atoms with E-state index >= 15 is 0 Å². The molecule has 0 bridgehead atoms. The third kappa shape index (κ3) is 2.93. The van der Waals surface area contributed by atoms with Crippen molar-refractivity contribution in [1.82, 2.24) is 15.1 Å². The summed E-state index contributed by atoms with van der Waals surface area (Å²) in [6, 6.07) is -0.286. The van der Waals surface area contributed by atoms with E-state index in [0.717, 1.165) is 26.2 Å². The average molecular weight is 247 g/mol. The van der Waals surface area contributed by atoms with E-state index in [1.165, 1.54) is 4.90 Å². The van der Waals surface area contributed by atoms with Gasteiger partial charge >= 0.3 is 0 Å². The summed E-state index contributed by atoms with van der Waals surface area (Å²) in [6.45, 7) is 4.89. The summed E-state index contributed by atoms with van der Waals surface area (Å²) in [5, 5.41) is 3.20. The topological polar surface area (TPSA) is 35.6 Å². The quantitative estimate of drug-likeness (QED) is 0.754. The van der Waals surface area contributed by atoms with Gasteiger partial charge in [-0.1, -0.05) is 0 Å². The zero-order valence-corrected chi connectivity index (χ0v) is 10.1. The minimum atomic E-state index is -2.70. The Bertz CT molecular complexity index is 292. The summed E-state index contributed by atoms with van der Waals surface area (Å²) in [5.74, 6) is -2.86. The second-order valence-corrected chi connectivity index (χ2v) is 4.83. The van der Waals surface area contributed by atoms with Crippen LogP contribution in [-0.2, 0) is 4.79 Å². The molecule has 2 rings (SSSR count). The third-order valence-electron chi connectivity index (χ3n) is 3.54. The molecule has 0 radical (unpaired) electrons. The lowest BCUT2D eigenvalue weighted by molar-refractivity contribution is -0.137. The predicted molar refractivity (Wildman–Crippen MR) is 60.0 cm³/mol. The molecule has 2 heterocycles. The molecule has 17 heavy (non-hydrogen) atoms. The number of likely N-dealkylation sites (tertiary alicyclic amines) is 1. The van der Waals surface area contributed by atoms with Crippen LogP contribution in [0.15, 0.2) is 0 Å². The SMILES string of the molecule is CC(C(=O)N1CCC(F)(F)C1)N1CCNCC1. The third-order valence-corrected chi connectivity index (χ3v) is 3.54. The molecule has 2 aliphatic rings. The number of carbonyl (C=O) groups excluding carboxylic acids is 1. The van der Waals surface area contributed by atoms with Crippen LogP contribution in [0.1, 0.15) is 13.3 Å². The molecule has 6 heteroatoms. The first kappa shape index (κ1) is 12.7. The maximum Gasteiger partial charge on any atom is 0.267 e. The number of amides is 1. The van der Waals surface area contributed by atoms with E-state index < -0.39 is 12.5 Å². The highest BCUT2D eigenvalue weighted by molar-refractivity contribution is 5.81. The van der Waals surface area contributed by atoms with Crippen LogP contribution in [0.25, 0.3) is 0 Å². The fourth-order valence-electron chi connectivity index (χ4n) is 2.41. The number of alkyl halides is 2. The van der Waals surface area contributed by atoms with Crippen LogP contribution in [0.3, 0.4) is 0 Å². The van der Waals surface area contributed by atoms with Crippen LogP contribution in [-0.4, -0.2) is 66.9 Å². The molecule has 1 unspecified atom stereocenters. The smallest absolute Gasteiger partial charge is 0.267 e. The van der Waals surface area contributed by atoms with Gasteiger partial charge in [-0.25, -0.2) is 8.78 Å². The van der Waals surface area contributed by atoms with Gasteiger partial charge in [-0.15, -0.1) is 0 Å². The molecule has 1 N–H and O–H groups in total. The van der Waals surface area contributed by atoms with Crippen LogP contribution in [0.2, 0.25) is 0 Å². The Balaban J connectivity index is 1.90. The fraction of sp³-hybridized carbons (Fsp3) is 0.909. The van der Waals surface area contributed by atoms with Crippen molar-refractivity contribution in [2.24, 2.45) is 0 Å². The number of piperazine rings is 1. The van der Waals surface area contributed by atoms with E-state index in [-0.39, 0.29) is 24.9 Å². The van der Waals surface area contributed by atoms with Crippen LogP contribution < -0.4 is 5.32 Å². The number of nitrogens with zero attached hydrogens (tertiary/aromatic N) is 2. The Kier molecular flexibility index (Phi) is 3.63. The largest absolute Gasteiger partial charge is 0.335 e. The molecule has 1 atom stereocenters. The van der Waals surface area contributed by atoms with Gasteiger partial charge in [0.2, 0.25) is 5.91 Å². The van der Waals surface area contributed by atoms with Gasteiger partial charge in [0, 0.05) is 39.1 Å². The van der Waals surface area contributed by atoms with E-state index in [0.29, 0.717) is 0 Å². The molecule has 1 amide bonds.